The van der Waals surface area contributed by atoms with E-state index >= 15 is 0 Å². The quantitative estimate of drug-likeness (QED) is 0.477. The number of benzene rings is 1. The molecular formula is C25H27N7OS. The van der Waals surface area contributed by atoms with Gasteiger partial charge in [-0.15, -0.1) is 26.2 Å². The minimum Gasteiger partial charge on any atom is -0.355 e. The van der Waals surface area contributed by atoms with Crippen molar-refractivity contribution >= 4 is 28.7 Å². The highest BCUT2D eigenvalue weighted by Gasteiger charge is 2.29. The molecule has 4 aromatic rings. The Kier molecular flexibility index (Phi) is 5.70. The third-order valence-electron chi connectivity index (χ3n) is 7.07. The minimum absolute atomic E-state index is 0.00638. The van der Waals surface area contributed by atoms with Gasteiger partial charge in [0.15, 0.2) is 11.5 Å². The van der Waals surface area contributed by atoms with Crippen molar-refractivity contribution < 1.29 is 4.79 Å². The Labute approximate surface area is 202 Å². The number of aryl methyl sites for hydroxylation is 2. The Morgan fingerprint density at radius 3 is 2.74 bits per heavy atom. The van der Waals surface area contributed by atoms with Crippen molar-refractivity contribution in [1.29, 1.82) is 0 Å². The van der Waals surface area contributed by atoms with Gasteiger partial charge >= 0.3 is 0 Å². The molecule has 1 N–H and O–H groups in total. The maximum Gasteiger partial charge on any atom is 0.224 e. The number of carbonyl (C=O) groups is 1. The van der Waals surface area contributed by atoms with Crippen LogP contribution in [0.15, 0.2) is 47.8 Å². The second kappa shape index (κ2) is 9.13. The highest BCUT2D eigenvalue weighted by atomic mass is 32.1. The molecule has 1 unspecified atom stereocenters. The van der Waals surface area contributed by atoms with Crippen molar-refractivity contribution in [3.8, 4) is 0 Å². The molecule has 1 fully saturated rings. The van der Waals surface area contributed by atoms with Gasteiger partial charge in [0, 0.05) is 23.9 Å². The Bertz CT molecular complexity index is 1290. The van der Waals surface area contributed by atoms with Crippen LogP contribution in [-0.4, -0.2) is 44.3 Å². The molecule has 9 heteroatoms. The molecule has 4 heterocycles. The Morgan fingerprint density at radius 1 is 1.06 bits per heavy atom. The van der Waals surface area contributed by atoms with E-state index < -0.39 is 0 Å². The zero-order valence-corrected chi connectivity index (χ0v) is 19.7. The summed E-state index contributed by atoms with van der Waals surface area (Å²) >= 11 is 1.70. The summed E-state index contributed by atoms with van der Waals surface area (Å²) in [5.41, 5.74) is 4.72. The second-order valence-corrected chi connectivity index (χ2v) is 10.2. The first kappa shape index (κ1) is 21.2. The van der Waals surface area contributed by atoms with Gasteiger partial charge in [-0.3, -0.25) is 4.79 Å². The van der Waals surface area contributed by atoms with Crippen LogP contribution in [0.1, 0.15) is 53.3 Å². The van der Waals surface area contributed by atoms with E-state index in [1.807, 2.05) is 12.1 Å². The number of nitrogens with zero attached hydrogens (tertiary/aromatic N) is 6. The molecule has 1 aromatic carbocycles. The van der Waals surface area contributed by atoms with E-state index in [0.29, 0.717) is 5.65 Å². The zero-order valence-electron chi connectivity index (χ0n) is 18.9. The minimum atomic E-state index is -0.0957. The third kappa shape index (κ3) is 4.16. The van der Waals surface area contributed by atoms with Gasteiger partial charge < -0.3 is 10.2 Å². The number of amides is 1. The third-order valence-corrected chi connectivity index (χ3v) is 8.00. The van der Waals surface area contributed by atoms with Crippen molar-refractivity contribution in [2.45, 2.75) is 44.6 Å². The number of fused-ring (bicyclic) bond motifs is 2. The van der Waals surface area contributed by atoms with E-state index in [9.17, 15) is 4.79 Å². The molecule has 34 heavy (non-hydrogen) atoms. The van der Waals surface area contributed by atoms with E-state index in [4.69, 9.17) is 0 Å². The molecule has 1 aliphatic heterocycles. The summed E-state index contributed by atoms with van der Waals surface area (Å²) in [6, 6.07) is 14.7. The number of hydrogen-bond donors (Lipinski definition) is 1. The van der Waals surface area contributed by atoms with Gasteiger partial charge in [-0.05, 0) is 89.2 Å². The van der Waals surface area contributed by atoms with E-state index in [2.05, 4.69) is 66.6 Å². The van der Waals surface area contributed by atoms with Gasteiger partial charge in [0.2, 0.25) is 5.91 Å². The van der Waals surface area contributed by atoms with Crippen LogP contribution in [0.3, 0.4) is 0 Å². The summed E-state index contributed by atoms with van der Waals surface area (Å²) in [7, 11) is 0. The molecular weight excluding hydrogens is 446 g/mol. The molecule has 174 valence electrons. The maximum atomic E-state index is 13.4. The van der Waals surface area contributed by atoms with Gasteiger partial charge in [-0.25, -0.2) is 0 Å². The van der Waals surface area contributed by atoms with Gasteiger partial charge in [0.05, 0.1) is 6.04 Å². The molecule has 1 atom stereocenters. The topological polar surface area (TPSA) is 88.3 Å². The zero-order chi connectivity index (χ0) is 22.9. The van der Waals surface area contributed by atoms with Crippen LogP contribution in [0.4, 0.5) is 5.82 Å². The lowest BCUT2D eigenvalue weighted by atomic mass is 9.88. The fraction of sp³-hybridized carbons (Fsp3) is 0.400. The monoisotopic (exact) mass is 473 g/mol. The van der Waals surface area contributed by atoms with Crippen molar-refractivity contribution in [2.75, 3.05) is 18.0 Å². The average molecular weight is 474 g/mol. The van der Waals surface area contributed by atoms with Gasteiger partial charge in [0.25, 0.3) is 0 Å². The normalized spacial score (nSPS) is 17.5. The number of tetrazole rings is 1. The number of hydrogen-bond acceptors (Lipinski definition) is 7. The molecule has 0 bridgehead atoms. The highest BCUT2D eigenvalue weighted by molar-refractivity contribution is 7.10. The van der Waals surface area contributed by atoms with Crippen LogP contribution in [0.25, 0.3) is 5.65 Å². The summed E-state index contributed by atoms with van der Waals surface area (Å²) in [6.45, 7) is 1.56. The largest absolute Gasteiger partial charge is 0.355 e. The smallest absolute Gasteiger partial charge is 0.224 e. The van der Waals surface area contributed by atoms with E-state index in [-0.39, 0.29) is 17.9 Å². The van der Waals surface area contributed by atoms with Crippen LogP contribution in [0, 0.1) is 5.92 Å². The summed E-state index contributed by atoms with van der Waals surface area (Å²) in [5, 5.41) is 21.4. The van der Waals surface area contributed by atoms with Crippen LogP contribution in [-0.2, 0) is 17.6 Å². The van der Waals surface area contributed by atoms with E-state index in [1.54, 1.807) is 11.3 Å². The van der Waals surface area contributed by atoms with Crippen molar-refractivity contribution in [1.82, 2.24) is 30.6 Å². The highest BCUT2D eigenvalue weighted by Crippen LogP contribution is 2.31. The first-order valence-electron chi connectivity index (χ1n) is 12.0. The van der Waals surface area contributed by atoms with E-state index in [0.717, 1.165) is 38.2 Å². The van der Waals surface area contributed by atoms with Crippen molar-refractivity contribution in [2.24, 2.45) is 5.92 Å². The Balaban J connectivity index is 1.15. The van der Waals surface area contributed by atoms with Crippen LogP contribution >= 0.6 is 11.3 Å². The first-order valence-corrected chi connectivity index (χ1v) is 12.9. The summed E-state index contributed by atoms with van der Waals surface area (Å²) in [4.78, 5) is 16.8. The van der Waals surface area contributed by atoms with Crippen LogP contribution in [0.2, 0.25) is 0 Å². The number of carbonyl (C=O) groups excluding carboxylic acids is 1. The Morgan fingerprint density at radius 2 is 1.91 bits per heavy atom. The van der Waals surface area contributed by atoms with Crippen molar-refractivity contribution in [3.63, 3.8) is 0 Å². The molecule has 0 radical (unpaired) electrons. The van der Waals surface area contributed by atoms with Gasteiger partial charge in [-0.1, -0.05) is 24.3 Å². The summed E-state index contributed by atoms with van der Waals surface area (Å²) < 4.78 is 1.44. The first-order chi connectivity index (χ1) is 16.7. The van der Waals surface area contributed by atoms with Crippen LogP contribution in [0.5, 0.6) is 0 Å². The Hall–Kier alpha value is -3.33. The number of rotatable bonds is 5. The summed E-state index contributed by atoms with van der Waals surface area (Å²) in [5.74, 6) is 0.969. The van der Waals surface area contributed by atoms with Crippen LogP contribution < -0.4 is 10.2 Å². The predicted octanol–water partition coefficient (Wildman–Crippen LogP) is 3.58. The fourth-order valence-electron chi connectivity index (χ4n) is 5.15. The number of aromatic nitrogens is 5. The lowest BCUT2D eigenvalue weighted by Crippen LogP contribution is -2.42. The predicted molar refractivity (Wildman–Crippen MR) is 131 cm³/mol. The molecule has 1 saturated heterocycles. The molecule has 1 aliphatic carbocycles. The van der Waals surface area contributed by atoms with Gasteiger partial charge in [-0.2, -0.15) is 0 Å². The maximum absolute atomic E-state index is 13.4. The lowest BCUT2D eigenvalue weighted by Gasteiger charge is -2.32. The number of nitrogens with one attached hydrogen (secondary N) is 1. The SMILES string of the molecule is O=C(NC(c1ccc2c(c1)CCCC2)c1cccs1)C1CCN(c2ccc3nnnn3n2)CC1. The summed E-state index contributed by atoms with van der Waals surface area (Å²) in [6.07, 6.45) is 6.41. The van der Waals surface area contributed by atoms with Crippen molar-refractivity contribution in [3.05, 3.63) is 69.4 Å². The molecule has 1 amide bonds. The molecule has 2 aliphatic rings. The van der Waals surface area contributed by atoms with E-state index in [1.165, 1.54) is 45.5 Å². The molecule has 8 nitrogen and oxygen atoms in total. The number of thiophene rings is 1. The number of piperidine rings is 1. The van der Waals surface area contributed by atoms with Gasteiger partial charge in [0.1, 0.15) is 0 Å². The molecule has 0 saturated carbocycles. The lowest BCUT2D eigenvalue weighted by molar-refractivity contribution is -0.126. The number of anilines is 1. The molecule has 0 spiro atoms. The molecule has 6 rings (SSSR count). The fourth-order valence-corrected chi connectivity index (χ4v) is 5.95. The average Bonchev–Trinajstić information content (AvgIpc) is 3.59. The standard InChI is InChI=1S/C25H27N7OS/c33-25(18-11-13-31(14-12-18)23-10-9-22-27-29-30-32(22)28-23)26-24(21-6-3-15-34-21)20-8-7-17-4-1-2-5-19(17)16-20/h3,6-10,15-16,18,24H,1-2,4-5,11-14H2,(H,26,33). The second-order valence-electron chi connectivity index (χ2n) is 9.17. The molecule has 3 aromatic heterocycles.